The van der Waals surface area contributed by atoms with Crippen molar-refractivity contribution in [1.29, 1.82) is 0 Å². The van der Waals surface area contributed by atoms with E-state index in [2.05, 4.69) is 12.4 Å². The Bertz CT molecular complexity index is 252. The number of nitrogens with two attached hydrogens (primary N) is 3. The van der Waals surface area contributed by atoms with Gasteiger partial charge in [-0.2, -0.15) is 0 Å². The molecular formula is C19H42N4. The Morgan fingerprint density at radius 3 is 1.04 bits per heavy atom. The average molecular weight is 327 g/mol. The van der Waals surface area contributed by atoms with Gasteiger partial charge in [-0.05, 0) is 58.4 Å². The lowest BCUT2D eigenvalue weighted by Gasteiger charge is -2.18. The van der Waals surface area contributed by atoms with Gasteiger partial charge in [-0.25, -0.2) is 0 Å². The standard InChI is InChI=1S/2C6H13N.C4H9N.C3H7N/c1-7-6-4-2-3-5-6;7-6-4-2-1-3-5-6;5-4-2-1-3-4;4-3-1-2-3/h6-7H,2-5H2,1H3;6H,1-5,7H2;4H,1-3,5H2;3H,1-2,4H2. The van der Waals surface area contributed by atoms with Crippen molar-refractivity contribution in [2.75, 3.05) is 7.05 Å². The first kappa shape index (κ1) is 20.9. The minimum Gasteiger partial charge on any atom is -0.328 e. The fourth-order valence-electron chi connectivity index (χ4n) is 2.88. The van der Waals surface area contributed by atoms with Gasteiger partial charge in [0.25, 0.3) is 0 Å². The molecular weight excluding hydrogens is 284 g/mol. The van der Waals surface area contributed by atoms with Gasteiger partial charge in [0.1, 0.15) is 0 Å². The van der Waals surface area contributed by atoms with Crippen LogP contribution in [0, 0.1) is 0 Å². The van der Waals surface area contributed by atoms with Crippen molar-refractivity contribution in [3.05, 3.63) is 0 Å². The second kappa shape index (κ2) is 13.2. The average Bonchev–Trinajstić information content (AvgIpc) is 3.14. The molecule has 4 saturated carbocycles. The van der Waals surface area contributed by atoms with Crippen molar-refractivity contribution >= 4 is 0 Å². The maximum absolute atomic E-state index is 5.63. The van der Waals surface area contributed by atoms with Crippen LogP contribution in [0.15, 0.2) is 0 Å². The number of hydrogen-bond donors (Lipinski definition) is 4. The number of nitrogens with one attached hydrogen (secondary N) is 1. The highest BCUT2D eigenvalue weighted by atomic mass is 14.9. The normalized spacial score (nSPS) is 25.0. The van der Waals surface area contributed by atoms with Crippen LogP contribution in [0.3, 0.4) is 0 Å². The Hall–Kier alpha value is -0.160. The zero-order chi connectivity index (χ0) is 16.9. The molecule has 0 spiro atoms. The topological polar surface area (TPSA) is 90.1 Å². The van der Waals surface area contributed by atoms with Crippen LogP contribution in [0.25, 0.3) is 0 Å². The fourth-order valence-corrected chi connectivity index (χ4v) is 2.88. The maximum atomic E-state index is 5.63. The van der Waals surface area contributed by atoms with E-state index in [1.807, 2.05) is 0 Å². The summed E-state index contributed by atoms with van der Waals surface area (Å²) >= 11 is 0. The van der Waals surface area contributed by atoms with Crippen LogP contribution in [0.1, 0.15) is 89.9 Å². The SMILES string of the molecule is CNC1CCCC1.NC1CC1.NC1CCC1.NC1CCCCC1. The molecule has 0 amide bonds. The molecule has 0 aromatic rings. The van der Waals surface area contributed by atoms with E-state index < -0.39 is 0 Å². The first-order valence-electron chi connectivity index (χ1n) is 10.1. The quantitative estimate of drug-likeness (QED) is 0.596. The summed E-state index contributed by atoms with van der Waals surface area (Å²) in [5.41, 5.74) is 16.2. The van der Waals surface area contributed by atoms with Crippen LogP contribution in [-0.2, 0) is 0 Å². The van der Waals surface area contributed by atoms with E-state index in [1.165, 1.54) is 89.9 Å². The Morgan fingerprint density at radius 1 is 0.522 bits per heavy atom. The summed E-state index contributed by atoms with van der Waals surface area (Å²) in [6, 6.07) is 2.53. The van der Waals surface area contributed by atoms with Crippen LogP contribution in [0.2, 0.25) is 0 Å². The van der Waals surface area contributed by atoms with E-state index in [0.29, 0.717) is 18.1 Å². The van der Waals surface area contributed by atoms with Gasteiger partial charge in [0.15, 0.2) is 0 Å². The highest BCUT2D eigenvalue weighted by molar-refractivity contribution is 4.75. The monoisotopic (exact) mass is 326 g/mol. The van der Waals surface area contributed by atoms with Crippen LogP contribution >= 0.6 is 0 Å². The molecule has 138 valence electrons. The van der Waals surface area contributed by atoms with Crippen LogP contribution in [0.5, 0.6) is 0 Å². The van der Waals surface area contributed by atoms with Crippen LogP contribution < -0.4 is 22.5 Å². The molecule has 4 aliphatic rings. The molecule has 0 unspecified atom stereocenters. The maximum Gasteiger partial charge on any atom is 0.00640 e. The summed E-state index contributed by atoms with van der Waals surface area (Å²) < 4.78 is 0. The number of hydrogen-bond acceptors (Lipinski definition) is 4. The first-order valence-corrected chi connectivity index (χ1v) is 10.1. The summed E-state index contributed by atoms with van der Waals surface area (Å²) in [5.74, 6) is 0. The van der Waals surface area contributed by atoms with E-state index in [1.54, 1.807) is 0 Å². The molecule has 4 aliphatic carbocycles. The van der Waals surface area contributed by atoms with Gasteiger partial charge in [-0.15, -0.1) is 0 Å². The Labute approximate surface area is 144 Å². The van der Waals surface area contributed by atoms with Crippen molar-refractivity contribution in [1.82, 2.24) is 5.32 Å². The van der Waals surface area contributed by atoms with Gasteiger partial charge in [0, 0.05) is 24.2 Å². The van der Waals surface area contributed by atoms with Gasteiger partial charge in [0.05, 0.1) is 0 Å². The molecule has 4 rings (SSSR count). The molecule has 0 saturated heterocycles. The third-order valence-electron chi connectivity index (χ3n) is 5.19. The molecule has 0 atom stereocenters. The molecule has 4 heteroatoms. The zero-order valence-corrected chi connectivity index (χ0v) is 15.4. The predicted molar refractivity (Wildman–Crippen MR) is 101 cm³/mol. The number of rotatable bonds is 1. The molecule has 0 bridgehead atoms. The van der Waals surface area contributed by atoms with Gasteiger partial charge >= 0.3 is 0 Å². The molecule has 0 heterocycles. The Balaban J connectivity index is 0.000000157. The second-order valence-corrected chi connectivity index (χ2v) is 7.70. The zero-order valence-electron chi connectivity index (χ0n) is 15.4. The molecule has 7 N–H and O–H groups in total. The lowest BCUT2D eigenvalue weighted by atomic mass is 9.95. The third-order valence-corrected chi connectivity index (χ3v) is 5.19. The molecule has 0 aromatic carbocycles. The lowest BCUT2D eigenvalue weighted by molar-refractivity contribution is 0.418. The summed E-state index contributed by atoms with van der Waals surface area (Å²) in [6.45, 7) is 0. The van der Waals surface area contributed by atoms with E-state index in [0.717, 1.165) is 6.04 Å². The molecule has 4 fully saturated rings. The van der Waals surface area contributed by atoms with Crippen molar-refractivity contribution in [2.24, 2.45) is 17.2 Å². The van der Waals surface area contributed by atoms with E-state index in [4.69, 9.17) is 17.2 Å². The Morgan fingerprint density at radius 2 is 0.870 bits per heavy atom. The van der Waals surface area contributed by atoms with Crippen LogP contribution in [-0.4, -0.2) is 31.2 Å². The highest BCUT2D eigenvalue weighted by Crippen LogP contribution is 2.16. The van der Waals surface area contributed by atoms with Crippen molar-refractivity contribution in [3.8, 4) is 0 Å². The highest BCUT2D eigenvalue weighted by Gasteiger charge is 2.13. The summed E-state index contributed by atoms with van der Waals surface area (Å²) in [6.07, 6.45) is 18.8. The smallest absolute Gasteiger partial charge is 0.00640 e. The second-order valence-electron chi connectivity index (χ2n) is 7.70. The van der Waals surface area contributed by atoms with Crippen molar-refractivity contribution in [2.45, 2.75) is 114 Å². The molecule has 0 aromatic heterocycles. The van der Waals surface area contributed by atoms with Gasteiger partial charge in [-0.3, -0.25) is 0 Å². The first-order chi connectivity index (χ1) is 11.1. The summed E-state index contributed by atoms with van der Waals surface area (Å²) in [5, 5.41) is 3.26. The van der Waals surface area contributed by atoms with E-state index >= 15 is 0 Å². The predicted octanol–water partition coefficient (Wildman–Crippen LogP) is 3.03. The lowest BCUT2D eigenvalue weighted by Crippen LogP contribution is -2.27. The van der Waals surface area contributed by atoms with Crippen molar-refractivity contribution < 1.29 is 0 Å². The van der Waals surface area contributed by atoms with Gasteiger partial charge < -0.3 is 22.5 Å². The van der Waals surface area contributed by atoms with Crippen LogP contribution in [0.4, 0.5) is 0 Å². The van der Waals surface area contributed by atoms with Gasteiger partial charge in [0.2, 0.25) is 0 Å². The fraction of sp³-hybridized carbons (Fsp3) is 1.00. The molecule has 23 heavy (non-hydrogen) atoms. The molecule has 4 nitrogen and oxygen atoms in total. The molecule has 0 aliphatic heterocycles. The van der Waals surface area contributed by atoms with E-state index in [9.17, 15) is 0 Å². The largest absolute Gasteiger partial charge is 0.328 e. The minimum absolute atomic E-state index is 0.536. The third kappa shape index (κ3) is 12.9. The minimum atomic E-state index is 0.536. The van der Waals surface area contributed by atoms with Gasteiger partial charge in [-0.1, -0.05) is 38.5 Å². The molecule has 0 radical (unpaired) electrons. The van der Waals surface area contributed by atoms with E-state index in [-0.39, 0.29) is 0 Å². The summed E-state index contributed by atoms with van der Waals surface area (Å²) in [7, 11) is 2.05. The van der Waals surface area contributed by atoms with Crippen molar-refractivity contribution in [3.63, 3.8) is 0 Å². The summed E-state index contributed by atoms with van der Waals surface area (Å²) in [4.78, 5) is 0. The Kier molecular flexibility index (Phi) is 12.0.